The first kappa shape index (κ1) is 16.6. The Hall–Kier alpha value is -0.780. The number of hydrogen-bond acceptors (Lipinski definition) is 2. The summed E-state index contributed by atoms with van der Waals surface area (Å²) in [6.07, 6.45) is -3.00. The Balaban J connectivity index is 2.01. The van der Waals surface area contributed by atoms with Gasteiger partial charge in [-0.25, -0.2) is 0 Å². The highest BCUT2D eigenvalue weighted by molar-refractivity contribution is 6.31. The summed E-state index contributed by atoms with van der Waals surface area (Å²) in [4.78, 5) is 2.11. The Kier molecular flexibility index (Phi) is 5.17. The maximum atomic E-state index is 12.8. The number of nitrogens with zero attached hydrogens (tertiary/aromatic N) is 1. The second-order valence-corrected chi connectivity index (χ2v) is 6.07. The van der Waals surface area contributed by atoms with Crippen molar-refractivity contribution in [3.05, 3.63) is 34.3 Å². The molecule has 2 nitrogen and oxygen atoms in total. The van der Waals surface area contributed by atoms with Crippen LogP contribution in [-0.2, 0) is 12.7 Å². The van der Waals surface area contributed by atoms with Crippen LogP contribution in [0.25, 0.3) is 0 Å². The first-order chi connectivity index (χ1) is 9.77. The maximum absolute atomic E-state index is 12.8. The van der Waals surface area contributed by atoms with Crippen LogP contribution < -0.4 is 0 Å². The molecule has 0 radical (unpaired) electrons. The highest BCUT2D eigenvalue weighted by Gasteiger charge is 2.33. The molecule has 1 aliphatic rings. The summed E-state index contributed by atoms with van der Waals surface area (Å²) in [5, 5.41) is 9.29. The minimum absolute atomic E-state index is 0.265. The molecule has 21 heavy (non-hydrogen) atoms. The lowest BCUT2D eigenvalue weighted by Gasteiger charge is -2.33. The van der Waals surface area contributed by atoms with Crippen LogP contribution in [0.5, 0.6) is 0 Å². The van der Waals surface area contributed by atoms with E-state index in [9.17, 15) is 18.3 Å². The number of piperidine rings is 1. The predicted octanol–water partition coefficient (Wildman–Crippen LogP) is 3.95. The van der Waals surface area contributed by atoms with E-state index in [0.29, 0.717) is 12.1 Å². The minimum Gasteiger partial charge on any atom is -0.393 e. The summed E-state index contributed by atoms with van der Waals surface area (Å²) in [5.74, 6) is 0.289. The molecule has 0 aliphatic carbocycles. The molecule has 0 amide bonds. The van der Waals surface area contributed by atoms with Crippen molar-refractivity contribution in [1.29, 1.82) is 0 Å². The van der Waals surface area contributed by atoms with Gasteiger partial charge in [0.25, 0.3) is 0 Å². The summed E-state index contributed by atoms with van der Waals surface area (Å²) in [6, 6.07) is 4.07. The van der Waals surface area contributed by atoms with E-state index < -0.39 is 11.7 Å². The van der Waals surface area contributed by atoms with Crippen LogP contribution in [0.15, 0.2) is 18.2 Å². The van der Waals surface area contributed by atoms with Crippen molar-refractivity contribution in [2.24, 2.45) is 5.92 Å². The number of benzene rings is 1. The summed E-state index contributed by atoms with van der Waals surface area (Å²) >= 11 is 5.62. The van der Waals surface area contributed by atoms with E-state index in [2.05, 4.69) is 4.90 Å². The second kappa shape index (κ2) is 6.55. The quantitative estimate of drug-likeness (QED) is 0.911. The zero-order valence-corrected chi connectivity index (χ0v) is 12.6. The average Bonchev–Trinajstić information content (AvgIpc) is 2.40. The molecule has 0 bridgehead atoms. The number of rotatable bonds is 3. The van der Waals surface area contributed by atoms with E-state index in [1.165, 1.54) is 6.07 Å². The first-order valence-corrected chi connectivity index (χ1v) is 7.41. The number of aliphatic hydroxyl groups excluding tert-OH is 1. The second-order valence-electron chi connectivity index (χ2n) is 5.67. The Morgan fingerprint density at radius 2 is 1.95 bits per heavy atom. The largest absolute Gasteiger partial charge is 0.417 e. The van der Waals surface area contributed by atoms with Crippen molar-refractivity contribution in [3.63, 3.8) is 0 Å². The Labute approximate surface area is 127 Å². The van der Waals surface area contributed by atoms with Gasteiger partial charge in [0.05, 0.1) is 16.7 Å². The third-order valence-corrected chi connectivity index (χ3v) is 4.39. The SMILES string of the molecule is CC(O)C1CCN(Cc2ccc(Cl)c(C(F)(F)F)c2)CC1. The summed E-state index contributed by atoms with van der Waals surface area (Å²) < 4.78 is 38.5. The van der Waals surface area contributed by atoms with E-state index in [-0.39, 0.29) is 17.0 Å². The predicted molar refractivity (Wildman–Crippen MR) is 76.1 cm³/mol. The fourth-order valence-corrected chi connectivity index (χ4v) is 2.96. The Morgan fingerprint density at radius 1 is 1.33 bits per heavy atom. The molecule has 0 aromatic heterocycles. The first-order valence-electron chi connectivity index (χ1n) is 7.03. The molecule has 1 aromatic carbocycles. The fourth-order valence-electron chi connectivity index (χ4n) is 2.74. The van der Waals surface area contributed by atoms with Gasteiger partial charge in [0.2, 0.25) is 0 Å². The van der Waals surface area contributed by atoms with E-state index in [0.717, 1.165) is 32.0 Å². The van der Waals surface area contributed by atoms with Gasteiger partial charge in [-0.05, 0) is 56.5 Å². The molecule has 118 valence electrons. The van der Waals surface area contributed by atoms with E-state index >= 15 is 0 Å². The highest BCUT2D eigenvalue weighted by atomic mass is 35.5. The molecule has 1 N–H and O–H groups in total. The third-order valence-electron chi connectivity index (χ3n) is 4.06. The molecule has 1 aromatic rings. The van der Waals surface area contributed by atoms with Gasteiger partial charge in [-0.3, -0.25) is 4.90 Å². The molecule has 1 unspecified atom stereocenters. The standard InChI is InChI=1S/C15H19ClF3NO/c1-10(21)12-4-6-20(7-5-12)9-11-2-3-14(16)13(8-11)15(17,18)19/h2-3,8,10,12,21H,4-7,9H2,1H3. The molecular weight excluding hydrogens is 303 g/mol. The summed E-state index contributed by atoms with van der Waals surface area (Å²) in [7, 11) is 0. The van der Waals surface area contributed by atoms with Gasteiger partial charge in [0, 0.05) is 6.54 Å². The van der Waals surface area contributed by atoms with Crippen molar-refractivity contribution < 1.29 is 18.3 Å². The lowest BCUT2D eigenvalue weighted by molar-refractivity contribution is -0.137. The van der Waals surface area contributed by atoms with Gasteiger partial charge < -0.3 is 5.11 Å². The molecule has 1 heterocycles. The molecule has 1 aliphatic heterocycles. The average molecular weight is 322 g/mol. The van der Waals surface area contributed by atoms with Crippen LogP contribution >= 0.6 is 11.6 Å². The van der Waals surface area contributed by atoms with E-state index in [4.69, 9.17) is 11.6 Å². The molecule has 1 atom stereocenters. The maximum Gasteiger partial charge on any atom is 0.417 e. The van der Waals surface area contributed by atoms with E-state index in [1.54, 1.807) is 13.0 Å². The lowest BCUT2D eigenvalue weighted by atomic mass is 9.92. The molecule has 6 heteroatoms. The zero-order valence-electron chi connectivity index (χ0n) is 11.8. The van der Waals surface area contributed by atoms with Crippen LogP contribution in [0.2, 0.25) is 5.02 Å². The van der Waals surface area contributed by atoms with Gasteiger partial charge in [0.15, 0.2) is 0 Å². The van der Waals surface area contributed by atoms with Gasteiger partial charge in [-0.1, -0.05) is 17.7 Å². The van der Waals surface area contributed by atoms with Gasteiger partial charge >= 0.3 is 6.18 Å². The van der Waals surface area contributed by atoms with Gasteiger partial charge in [-0.2, -0.15) is 13.2 Å². The third kappa shape index (κ3) is 4.34. The van der Waals surface area contributed by atoms with Crippen LogP contribution in [-0.4, -0.2) is 29.2 Å². The highest BCUT2D eigenvalue weighted by Crippen LogP contribution is 2.35. The monoisotopic (exact) mass is 321 g/mol. The lowest BCUT2D eigenvalue weighted by Crippen LogP contribution is -2.36. The van der Waals surface area contributed by atoms with Gasteiger partial charge in [-0.15, -0.1) is 0 Å². The van der Waals surface area contributed by atoms with Crippen molar-refractivity contribution in [2.75, 3.05) is 13.1 Å². The normalized spacial score (nSPS) is 19.7. The van der Waals surface area contributed by atoms with Crippen molar-refractivity contribution >= 4 is 11.6 Å². The molecule has 1 saturated heterocycles. The Bertz CT molecular complexity index is 482. The van der Waals surface area contributed by atoms with E-state index in [1.807, 2.05) is 0 Å². The number of likely N-dealkylation sites (tertiary alicyclic amines) is 1. The zero-order chi connectivity index (χ0) is 15.6. The van der Waals surface area contributed by atoms with Crippen LogP contribution in [0.1, 0.15) is 30.9 Å². The fraction of sp³-hybridized carbons (Fsp3) is 0.600. The van der Waals surface area contributed by atoms with Crippen molar-refractivity contribution in [3.8, 4) is 0 Å². The smallest absolute Gasteiger partial charge is 0.393 e. The van der Waals surface area contributed by atoms with Crippen LogP contribution in [0.3, 0.4) is 0 Å². The number of alkyl halides is 3. The van der Waals surface area contributed by atoms with Crippen molar-refractivity contribution in [1.82, 2.24) is 4.90 Å². The summed E-state index contributed by atoms with van der Waals surface area (Å²) in [5.41, 5.74) is -0.164. The van der Waals surface area contributed by atoms with Gasteiger partial charge in [0.1, 0.15) is 0 Å². The molecule has 0 spiro atoms. The Morgan fingerprint density at radius 3 is 2.48 bits per heavy atom. The van der Waals surface area contributed by atoms with Crippen LogP contribution in [0.4, 0.5) is 13.2 Å². The number of aliphatic hydroxyl groups is 1. The summed E-state index contributed by atoms with van der Waals surface area (Å²) in [6.45, 7) is 3.85. The minimum atomic E-state index is -4.42. The number of halogens is 4. The number of hydrogen-bond donors (Lipinski definition) is 1. The molecular formula is C15H19ClF3NO. The molecule has 2 rings (SSSR count). The topological polar surface area (TPSA) is 23.5 Å². The van der Waals surface area contributed by atoms with Crippen LogP contribution in [0, 0.1) is 5.92 Å². The molecule has 0 saturated carbocycles. The molecule has 1 fully saturated rings. The van der Waals surface area contributed by atoms with Crippen molar-refractivity contribution in [2.45, 2.75) is 38.6 Å².